The Morgan fingerprint density at radius 2 is 1.62 bits per heavy atom. The maximum atomic E-state index is 3.74. The molecule has 0 aliphatic heterocycles. The van der Waals surface area contributed by atoms with Gasteiger partial charge in [-0.2, -0.15) is 0 Å². The molecule has 1 nitrogen and oxygen atoms in total. The second-order valence-corrected chi connectivity index (χ2v) is 5.73. The highest BCUT2D eigenvalue weighted by Crippen LogP contribution is 2.62. The predicted molar refractivity (Wildman–Crippen MR) is 58.9 cm³/mol. The summed E-state index contributed by atoms with van der Waals surface area (Å²) in [5.74, 6) is 0. The molecule has 1 atom stereocenters. The molecule has 78 valence electrons. The molecule has 1 rings (SSSR count). The van der Waals surface area contributed by atoms with Crippen LogP contribution in [0, 0.1) is 10.8 Å². The van der Waals surface area contributed by atoms with Gasteiger partial charge in [0.1, 0.15) is 0 Å². The zero-order valence-corrected chi connectivity index (χ0v) is 10.1. The SMILES string of the molecule is CCCC(C)NC1C(C)(C)C1(C)C. The first kappa shape index (κ1) is 11.0. The van der Waals surface area contributed by atoms with Gasteiger partial charge in [-0.25, -0.2) is 0 Å². The minimum Gasteiger partial charge on any atom is -0.310 e. The Bertz CT molecular complexity index is 168. The number of hydrogen-bond acceptors (Lipinski definition) is 1. The highest BCUT2D eigenvalue weighted by atomic mass is 15.1. The molecule has 0 spiro atoms. The maximum Gasteiger partial charge on any atom is 0.0183 e. The molecular weight excluding hydrogens is 158 g/mol. The van der Waals surface area contributed by atoms with E-state index in [1.807, 2.05) is 0 Å². The molecule has 1 N–H and O–H groups in total. The Kier molecular flexibility index (Phi) is 2.78. The van der Waals surface area contributed by atoms with Crippen molar-refractivity contribution < 1.29 is 0 Å². The zero-order chi connectivity index (χ0) is 10.3. The first-order chi connectivity index (χ1) is 5.84. The fourth-order valence-corrected chi connectivity index (χ4v) is 2.41. The molecule has 1 aliphatic rings. The van der Waals surface area contributed by atoms with E-state index in [4.69, 9.17) is 0 Å². The number of rotatable bonds is 4. The summed E-state index contributed by atoms with van der Waals surface area (Å²) >= 11 is 0. The summed E-state index contributed by atoms with van der Waals surface area (Å²) in [4.78, 5) is 0. The Morgan fingerprint density at radius 3 is 1.92 bits per heavy atom. The molecule has 1 unspecified atom stereocenters. The summed E-state index contributed by atoms with van der Waals surface area (Å²) < 4.78 is 0. The van der Waals surface area contributed by atoms with Crippen molar-refractivity contribution in [2.45, 2.75) is 66.5 Å². The molecule has 13 heavy (non-hydrogen) atoms. The van der Waals surface area contributed by atoms with Crippen molar-refractivity contribution in [1.29, 1.82) is 0 Å². The lowest BCUT2D eigenvalue weighted by Crippen LogP contribution is -2.31. The minimum absolute atomic E-state index is 0.481. The van der Waals surface area contributed by atoms with E-state index in [0.717, 1.165) is 0 Å². The molecule has 0 aromatic heterocycles. The Balaban J connectivity index is 2.41. The molecule has 0 heterocycles. The van der Waals surface area contributed by atoms with Gasteiger partial charge in [0.15, 0.2) is 0 Å². The van der Waals surface area contributed by atoms with Crippen LogP contribution in [-0.2, 0) is 0 Å². The van der Waals surface area contributed by atoms with E-state index in [1.165, 1.54) is 12.8 Å². The van der Waals surface area contributed by atoms with Gasteiger partial charge < -0.3 is 5.32 Å². The predicted octanol–water partition coefficient (Wildman–Crippen LogP) is 3.20. The highest BCUT2D eigenvalue weighted by molar-refractivity contribution is 5.18. The third-order valence-corrected chi connectivity index (χ3v) is 4.19. The van der Waals surface area contributed by atoms with Crippen LogP contribution < -0.4 is 5.32 Å². The van der Waals surface area contributed by atoms with E-state index < -0.39 is 0 Å². The van der Waals surface area contributed by atoms with E-state index in [1.54, 1.807) is 0 Å². The van der Waals surface area contributed by atoms with Gasteiger partial charge in [-0.15, -0.1) is 0 Å². The third-order valence-electron chi connectivity index (χ3n) is 4.19. The Labute approximate surface area is 83.3 Å². The van der Waals surface area contributed by atoms with E-state index >= 15 is 0 Å². The molecule has 0 aromatic carbocycles. The van der Waals surface area contributed by atoms with Crippen LogP contribution in [0.2, 0.25) is 0 Å². The molecule has 1 fully saturated rings. The van der Waals surface area contributed by atoms with E-state index in [9.17, 15) is 0 Å². The van der Waals surface area contributed by atoms with Gasteiger partial charge in [0, 0.05) is 12.1 Å². The summed E-state index contributed by atoms with van der Waals surface area (Å²) in [7, 11) is 0. The Hall–Kier alpha value is -0.0400. The lowest BCUT2D eigenvalue weighted by Gasteiger charge is -2.14. The molecule has 0 bridgehead atoms. The number of hydrogen-bond donors (Lipinski definition) is 1. The van der Waals surface area contributed by atoms with Gasteiger partial charge >= 0.3 is 0 Å². The molecule has 1 heteroatoms. The average Bonchev–Trinajstić information content (AvgIpc) is 2.33. The number of nitrogens with one attached hydrogen (secondary N) is 1. The zero-order valence-electron chi connectivity index (χ0n) is 10.1. The van der Waals surface area contributed by atoms with Gasteiger partial charge in [-0.3, -0.25) is 0 Å². The normalized spacial score (nSPS) is 27.2. The summed E-state index contributed by atoms with van der Waals surface area (Å²) in [6.07, 6.45) is 2.57. The van der Waals surface area contributed by atoms with Crippen molar-refractivity contribution in [3.8, 4) is 0 Å². The van der Waals surface area contributed by atoms with E-state index in [0.29, 0.717) is 22.9 Å². The molecule has 0 amide bonds. The van der Waals surface area contributed by atoms with Crippen LogP contribution >= 0.6 is 0 Å². The van der Waals surface area contributed by atoms with Gasteiger partial charge in [0.25, 0.3) is 0 Å². The fraction of sp³-hybridized carbons (Fsp3) is 1.00. The van der Waals surface area contributed by atoms with E-state index in [-0.39, 0.29) is 0 Å². The first-order valence-electron chi connectivity index (χ1n) is 5.60. The maximum absolute atomic E-state index is 3.74. The van der Waals surface area contributed by atoms with Crippen molar-refractivity contribution in [3.05, 3.63) is 0 Å². The van der Waals surface area contributed by atoms with E-state index in [2.05, 4.69) is 46.9 Å². The van der Waals surface area contributed by atoms with Gasteiger partial charge in [0.2, 0.25) is 0 Å². The summed E-state index contributed by atoms with van der Waals surface area (Å²) in [6.45, 7) is 14.0. The van der Waals surface area contributed by atoms with Crippen LogP contribution in [0.4, 0.5) is 0 Å². The monoisotopic (exact) mass is 183 g/mol. The van der Waals surface area contributed by atoms with Crippen molar-refractivity contribution >= 4 is 0 Å². The Morgan fingerprint density at radius 1 is 1.15 bits per heavy atom. The lowest BCUT2D eigenvalue weighted by atomic mass is 10.0. The van der Waals surface area contributed by atoms with Crippen LogP contribution in [0.15, 0.2) is 0 Å². The second-order valence-electron chi connectivity index (χ2n) is 5.73. The quantitative estimate of drug-likeness (QED) is 0.706. The molecule has 1 aliphatic carbocycles. The summed E-state index contributed by atoms with van der Waals surface area (Å²) in [5.41, 5.74) is 0.962. The second kappa shape index (κ2) is 3.27. The molecule has 0 radical (unpaired) electrons. The first-order valence-corrected chi connectivity index (χ1v) is 5.60. The average molecular weight is 183 g/mol. The lowest BCUT2D eigenvalue weighted by molar-refractivity contribution is 0.457. The third kappa shape index (κ3) is 1.76. The van der Waals surface area contributed by atoms with Crippen molar-refractivity contribution in [2.24, 2.45) is 10.8 Å². The van der Waals surface area contributed by atoms with Crippen molar-refractivity contribution in [2.75, 3.05) is 0 Å². The van der Waals surface area contributed by atoms with Crippen molar-refractivity contribution in [1.82, 2.24) is 5.32 Å². The van der Waals surface area contributed by atoms with Gasteiger partial charge in [-0.1, -0.05) is 41.0 Å². The van der Waals surface area contributed by atoms with Crippen molar-refractivity contribution in [3.63, 3.8) is 0 Å². The molecule has 0 aromatic rings. The van der Waals surface area contributed by atoms with Gasteiger partial charge in [-0.05, 0) is 24.2 Å². The standard InChI is InChI=1S/C12H25N/c1-7-8-9(2)13-10-11(3,4)12(10,5)6/h9-10,13H,7-8H2,1-6H3. The topological polar surface area (TPSA) is 12.0 Å². The van der Waals surface area contributed by atoms with Crippen LogP contribution in [0.3, 0.4) is 0 Å². The molecule has 1 saturated carbocycles. The van der Waals surface area contributed by atoms with Crippen LogP contribution in [0.1, 0.15) is 54.4 Å². The fourth-order valence-electron chi connectivity index (χ4n) is 2.41. The van der Waals surface area contributed by atoms with Gasteiger partial charge in [0.05, 0.1) is 0 Å². The van der Waals surface area contributed by atoms with Crippen LogP contribution in [0.5, 0.6) is 0 Å². The highest BCUT2D eigenvalue weighted by Gasteiger charge is 2.64. The summed E-state index contributed by atoms with van der Waals surface area (Å²) in [6, 6.07) is 1.39. The summed E-state index contributed by atoms with van der Waals surface area (Å²) in [5, 5.41) is 3.74. The largest absolute Gasteiger partial charge is 0.310 e. The molecule has 0 saturated heterocycles. The minimum atomic E-state index is 0.481. The molecular formula is C12H25N. The van der Waals surface area contributed by atoms with Crippen LogP contribution in [-0.4, -0.2) is 12.1 Å². The van der Waals surface area contributed by atoms with Crippen LogP contribution in [0.25, 0.3) is 0 Å². The smallest absolute Gasteiger partial charge is 0.0183 e.